The van der Waals surface area contributed by atoms with Crippen molar-refractivity contribution in [2.45, 2.75) is 45.7 Å². The van der Waals surface area contributed by atoms with Gasteiger partial charge in [-0.15, -0.1) is 11.3 Å². The minimum absolute atomic E-state index is 0.238. The number of hydrogen-bond donors (Lipinski definition) is 2. The molecule has 1 aliphatic heterocycles. The number of hydrogen-bond acceptors (Lipinski definition) is 5. The quantitative estimate of drug-likeness (QED) is 0.580. The van der Waals surface area contributed by atoms with Gasteiger partial charge in [-0.3, -0.25) is 4.99 Å². The van der Waals surface area contributed by atoms with E-state index in [9.17, 15) is 8.42 Å². The van der Waals surface area contributed by atoms with Crippen LogP contribution in [-0.2, 0) is 16.6 Å². The summed E-state index contributed by atoms with van der Waals surface area (Å²) in [6.07, 6.45) is 4.11. The van der Waals surface area contributed by atoms with Crippen molar-refractivity contribution in [3.8, 4) is 0 Å². The van der Waals surface area contributed by atoms with Crippen LogP contribution in [0.15, 0.2) is 11.2 Å². The Labute approximate surface area is 148 Å². The number of piperidine rings is 1. The van der Waals surface area contributed by atoms with E-state index in [2.05, 4.69) is 20.6 Å². The largest absolute Gasteiger partial charge is 0.354 e. The minimum Gasteiger partial charge on any atom is -0.354 e. The summed E-state index contributed by atoms with van der Waals surface area (Å²) in [7, 11) is -1.34. The fraction of sp³-hybridized carbons (Fsp3) is 0.733. The lowest BCUT2D eigenvalue weighted by Gasteiger charge is -2.32. The first-order valence-corrected chi connectivity index (χ1v) is 10.7. The van der Waals surface area contributed by atoms with E-state index in [1.165, 1.54) is 4.88 Å². The number of nitrogens with one attached hydrogen (secondary N) is 2. The molecule has 2 N–H and O–H groups in total. The lowest BCUT2D eigenvalue weighted by Crippen LogP contribution is -2.49. The Morgan fingerprint density at radius 3 is 2.71 bits per heavy atom. The van der Waals surface area contributed by atoms with Gasteiger partial charge in [0.25, 0.3) is 0 Å². The van der Waals surface area contributed by atoms with E-state index in [1.54, 1.807) is 22.7 Å². The molecule has 0 unspecified atom stereocenters. The van der Waals surface area contributed by atoms with Crippen LogP contribution in [0.2, 0.25) is 0 Å². The Morgan fingerprint density at radius 1 is 1.46 bits per heavy atom. The van der Waals surface area contributed by atoms with Gasteiger partial charge in [0.05, 0.1) is 12.3 Å². The van der Waals surface area contributed by atoms with E-state index in [0.717, 1.165) is 23.8 Å². The molecule has 1 aromatic heterocycles. The molecular weight excluding hydrogens is 346 g/mol. The second-order valence-electron chi connectivity index (χ2n) is 5.92. The molecule has 0 amide bonds. The van der Waals surface area contributed by atoms with Crippen molar-refractivity contribution in [2.24, 2.45) is 4.99 Å². The van der Waals surface area contributed by atoms with Gasteiger partial charge in [-0.1, -0.05) is 6.92 Å². The summed E-state index contributed by atoms with van der Waals surface area (Å²) in [5.74, 6) is 0.972. The first kappa shape index (κ1) is 19.1. The smallest absolute Gasteiger partial charge is 0.214 e. The van der Waals surface area contributed by atoms with Crippen LogP contribution in [0.25, 0.3) is 0 Å². The number of guanidine groups is 1. The molecular formula is C15H27N5O2S2. The monoisotopic (exact) mass is 373 g/mol. The summed E-state index contributed by atoms with van der Waals surface area (Å²) in [5, 5.41) is 7.67. The maximum absolute atomic E-state index is 12.1. The van der Waals surface area contributed by atoms with Gasteiger partial charge in [0.15, 0.2) is 5.96 Å². The summed E-state index contributed by atoms with van der Waals surface area (Å²) >= 11 is 1.66. The van der Waals surface area contributed by atoms with E-state index in [0.29, 0.717) is 26.1 Å². The third-order valence-corrected chi connectivity index (χ3v) is 6.94. The van der Waals surface area contributed by atoms with Gasteiger partial charge < -0.3 is 10.6 Å². The van der Waals surface area contributed by atoms with Crippen molar-refractivity contribution in [3.05, 3.63) is 16.1 Å². The van der Waals surface area contributed by atoms with Gasteiger partial charge in [-0.05, 0) is 26.2 Å². The molecule has 0 atom stereocenters. The molecule has 1 fully saturated rings. The van der Waals surface area contributed by atoms with Crippen molar-refractivity contribution >= 4 is 27.3 Å². The summed E-state index contributed by atoms with van der Waals surface area (Å²) < 4.78 is 25.8. The molecule has 2 rings (SSSR count). The molecule has 1 aromatic rings. The topological polar surface area (TPSA) is 86.7 Å². The molecule has 9 heteroatoms. The summed E-state index contributed by atoms with van der Waals surface area (Å²) in [5.41, 5.74) is 0. The third-order valence-electron chi connectivity index (χ3n) is 3.95. The number of aromatic nitrogens is 1. The third kappa shape index (κ3) is 5.42. The normalized spacial score (nSPS) is 17.9. The molecule has 0 aliphatic carbocycles. The fourth-order valence-electron chi connectivity index (χ4n) is 2.70. The van der Waals surface area contributed by atoms with E-state index in [4.69, 9.17) is 0 Å². The first-order valence-electron chi connectivity index (χ1n) is 8.31. The van der Waals surface area contributed by atoms with Gasteiger partial charge >= 0.3 is 0 Å². The van der Waals surface area contributed by atoms with E-state index in [1.807, 2.05) is 20.0 Å². The molecule has 1 saturated heterocycles. The molecule has 0 spiro atoms. The SMILES string of the molecule is CCCS(=O)(=O)N1CCC(NC(=NC)NCc2ncc(C)s2)CC1. The summed E-state index contributed by atoms with van der Waals surface area (Å²) in [6, 6.07) is 0.238. The predicted molar refractivity (Wildman–Crippen MR) is 98.9 cm³/mol. The molecule has 136 valence electrons. The first-order chi connectivity index (χ1) is 11.4. The Balaban J connectivity index is 1.79. The van der Waals surface area contributed by atoms with Crippen LogP contribution in [0, 0.1) is 6.92 Å². The highest BCUT2D eigenvalue weighted by atomic mass is 32.2. The van der Waals surface area contributed by atoms with Crippen LogP contribution >= 0.6 is 11.3 Å². The second-order valence-corrected chi connectivity index (χ2v) is 9.33. The average molecular weight is 374 g/mol. The van der Waals surface area contributed by atoms with Crippen LogP contribution < -0.4 is 10.6 Å². The second kappa shape index (κ2) is 8.77. The number of nitrogens with zero attached hydrogens (tertiary/aromatic N) is 3. The molecule has 7 nitrogen and oxygen atoms in total. The number of aryl methyl sites for hydroxylation is 1. The van der Waals surface area contributed by atoms with Crippen LogP contribution in [0.4, 0.5) is 0 Å². The zero-order chi connectivity index (χ0) is 17.6. The maximum Gasteiger partial charge on any atom is 0.214 e. The van der Waals surface area contributed by atoms with Crippen molar-refractivity contribution in [1.82, 2.24) is 19.9 Å². The van der Waals surface area contributed by atoms with Crippen molar-refractivity contribution in [3.63, 3.8) is 0 Å². The van der Waals surface area contributed by atoms with Gasteiger partial charge in [-0.25, -0.2) is 17.7 Å². The molecule has 0 saturated carbocycles. The minimum atomic E-state index is -3.08. The number of thiazole rings is 1. The Morgan fingerprint density at radius 2 is 2.17 bits per heavy atom. The van der Waals surface area contributed by atoms with Crippen molar-refractivity contribution in [2.75, 3.05) is 25.9 Å². The lowest BCUT2D eigenvalue weighted by molar-refractivity contribution is 0.306. The zero-order valence-corrected chi connectivity index (χ0v) is 16.2. The highest BCUT2D eigenvalue weighted by molar-refractivity contribution is 7.89. The molecule has 0 bridgehead atoms. The Kier molecular flexibility index (Phi) is 7.00. The van der Waals surface area contributed by atoms with Crippen molar-refractivity contribution < 1.29 is 8.42 Å². The highest BCUT2D eigenvalue weighted by Crippen LogP contribution is 2.15. The highest BCUT2D eigenvalue weighted by Gasteiger charge is 2.27. The van der Waals surface area contributed by atoms with E-state index < -0.39 is 10.0 Å². The molecule has 24 heavy (non-hydrogen) atoms. The maximum atomic E-state index is 12.1. The van der Waals surface area contributed by atoms with Gasteiger partial charge in [-0.2, -0.15) is 0 Å². The molecule has 0 aromatic carbocycles. The van der Waals surface area contributed by atoms with Crippen LogP contribution in [-0.4, -0.2) is 55.6 Å². The van der Waals surface area contributed by atoms with E-state index in [-0.39, 0.29) is 11.8 Å². The lowest BCUT2D eigenvalue weighted by atomic mass is 10.1. The van der Waals surface area contributed by atoms with Crippen LogP contribution in [0.3, 0.4) is 0 Å². The summed E-state index contributed by atoms with van der Waals surface area (Å²) in [4.78, 5) is 9.75. The fourth-order valence-corrected chi connectivity index (χ4v) is 4.96. The molecule has 1 aliphatic rings. The Hall–Kier alpha value is -1.19. The number of aliphatic imine (C=N–C) groups is 1. The number of rotatable bonds is 6. The zero-order valence-electron chi connectivity index (χ0n) is 14.6. The standard InChI is InChI=1S/C15H27N5O2S2/c1-4-9-24(21,22)20-7-5-13(6-8-20)19-15(16-3)18-11-14-17-10-12(2)23-14/h10,13H,4-9,11H2,1-3H3,(H2,16,18,19). The van der Waals surface area contributed by atoms with Gasteiger partial charge in [0.1, 0.15) is 5.01 Å². The van der Waals surface area contributed by atoms with Gasteiger partial charge in [0, 0.05) is 37.3 Å². The molecule has 2 heterocycles. The van der Waals surface area contributed by atoms with Gasteiger partial charge in [0.2, 0.25) is 10.0 Å². The predicted octanol–water partition coefficient (Wildman–Crippen LogP) is 1.32. The van der Waals surface area contributed by atoms with Crippen LogP contribution in [0.5, 0.6) is 0 Å². The Bertz CT molecular complexity index is 649. The van der Waals surface area contributed by atoms with Crippen molar-refractivity contribution in [1.29, 1.82) is 0 Å². The average Bonchev–Trinajstić information content (AvgIpc) is 2.97. The molecule has 0 radical (unpaired) electrons. The summed E-state index contributed by atoms with van der Waals surface area (Å²) in [6.45, 7) is 5.72. The van der Waals surface area contributed by atoms with Crippen LogP contribution in [0.1, 0.15) is 36.1 Å². The van der Waals surface area contributed by atoms with E-state index >= 15 is 0 Å². The number of sulfonamides is 1.